The molecule has 7 nitrogen and oxygen atoms in total. The summed E-state index contributed by atoms with van der Waals surface area (Å²) in [6, 6.07) is 2.64. The lowest BCUT2D eigenvalue weighted by molar-refractivity contribution is -0.385. The fraction of sp³-hybridized carbons (Fsp3) is 0.300. The van der Waals surface area contributed by atoms with Crippen LogP contribution in [0.3, 0.4) is 0 Å². The van der Waals surface area contributed by atoms with Crippen LogP contribution in [0.2, 0.25) is 0 Å². The summed E-state index contributed by atoms with van der Waals surface area (Å²) in [6.07, 6.45) is 0. The van der Waals surface area contributed by atoms with Gasteiger partial charge in [-0.1, -0.05) is 0 Å². The van der Waals surface area contributed by atoms with E-state index in [0.717, 1.165) is 0 Å². The summed E-state index contributed by atoms with van der Waals surface area (Å²) in [5.41, 5.74) is -0.807. The zero-order valence-corrected chi connectivity index (χ0v) is 10.4. The van der Waals surface area contributed by atoms with E-state index in [2.05, 4.69) is 4.74 Å². The zero-order valence-electron chi connectivity index (χ0n) is 9.64. The largest absolute Gasteiger partial charge is 0.492 e. The normalized spacial score (nSPS) is 9.72. The minimum Gasteiger partial charge on any atom is -0.492 e. The van der Waals surface area contributed by atoms with Gasteiger partial charge in [0.05, 0.1) is 19.1 Å². The molecule has 0 fully saturated rings. The number of ether oxygens (including phenoxy) is 3. The molecule has 0 unspecified atom stereocenters. The fourth-order valence-corrected chi connectivity index (χ4v) is 1.46. The van der Waals surface area contributed by atoms with Gasteiger partial charge in [-0.2, -0.15) is 0 Å². The molecule has 1 aromatic carbocycles. The molecular weight excluding hydrogens is 266 g/mol. The molecule has 0 aliphatic carbocycles. The summed E-state index contributed by atoms with van der Waals surface area (Å²) in [4.78, 5) is 20.7. The van der Waals surface area contributed by atoms with E-state index in [4.69, 9.17) is 21.1 Å². The molecule has 98 valence electrons. The maximum absolute atomic E-state index is 10.8. The molecule has 0 heterocycles. The maximum Gasteiger partial charge on any atom is 0.404 e. The monoisotopic (exact) mass is 275 g/mol. The van der Waals surface area contributed by atoms with Crippen molar-refractivity contribution >= 4 is 22.7 Å². The first-order chi connectivity index (χ1) is 8.51. The third-order valence-electron chi connectivity index (χ3n) is 2.12. The second-order valence-electron chi connectivity index (χ2n) is 3.09. The summed E-state index contributed by atoms with van der Waals surface area (Å²) in [7, 11) is 2.61. The first-order valence-electron chi connectivity index (χ1n) is 4.71. The second kappa shape index (κ2) is 6.06. The van der Waals surface area contributed by atoms with Crippen molar-refractivity contribution in [2.24, 2.45) is 0 Å². The Kier molecular flexibility index (Phi) is 4.73. The molecule has 0 aliphatic heterocycles. The van der Waals surface area contributed by atoms with Gasteiger partial charge in [0.1, 0.15) is 6.61 Å². The Labute approximate surface area is 107 Å². The molecule has 0 saturated heterocycles. The highest BCUT2D eigenvalue weighted by molar-refractivity contribution is 6.61. The molecule has 0 saturated carbocycles. The molecule has 0 aromatic heterocycles. The average molecular weight is 276 g/mol. The Balaban J connectivity index is 3.21. The van der Waals surface area contributed by atoms with Crippen LogP contribution in [-0.2, 0) is 11.3 Å². The van der Waals surface area contributed by atoms with Crippen molar-refractivity contribution in [3.63, 3.8) is 0 Å². The number of carbonyl (C=O) groups excluding carboxylic acids is 1. The minimum absolute atomic E-state index is 0.0365. The second-order valence-corrected chi connectivity index (χ2v) is 3.40. The Morgan fingerprint density at radius 1 is 1.33 bits per heavy atom. The smallest absolute Gasteiger partial charge is 0.404 e. The predicted molar refractivity (Wildman–Crippen MR) is 62.2 cm³/mol. The third kappa shape index (κ3) is 3.01. The summed E-state index contributed by atoms with van der Waals surface area (Å²) in [6.45, 7) is -0.167. The first kappa shape index (κ1) is 14.0. The molecule has 0 amide bonds. The Hall–Kier alpha value is -2.02. The van der Waals surface area contributed by atoms with Crippen molar-refractivity contribution < 1.29 is 23.9 Å². The van der Waals surface area contributed by atoms with E-state index in [9.17, 15) is 14.9 Å². The summed E-state index contributed by atoms with van der Waals surface area (Å²) < 4.78 is 14.6. The van der Waals surface area contributed by atoms with E-state index in [-0.39, 0.29) is 23.8 Å². The number of halogens is 1. The molecule has 18 heavy (non-hydrogen) atoms. The van der Waals surface area contributed by atoms with Crippen molar-refractivity contribution in [1.29, 1.82) is 0 Å². The standard InChI is InChI=1S/C10H10ClNO6/c1-16-8-6(5-18-10(11)13)3-4-7(12(14)15)9(8)17-2/h3-4H,5H2,1-2H3. The number of hydrogen-bond acceptors (Lipinski definition) is 6. The van der Waals surface area contributed by atoms with E-state index in [0.29, 0.717) is 5.56 Å². The van der Waals surface area contributed by atoms with Crippen LogP contribution in [0.5, 0.6) is 11.5 Å². The van der Waals surface area contributed by atoms with Crippen molar-refractivity contribution in [2.75, 3.05) is 14.2 Å². The van der Waals surface area contributed by atoms with Crippen molar-refractivity contribution in [3.8, 4) is 11.5 Å². The zero-order chi connectivity index (χ0) is 13.7. The van der Waals surface area contributed by atoms with E-state index >= 15 is 0 Å². The number of carbonyl (C=O) groups is 1. The highest BCUT2D eigenvalue weighted by Crippen LogP contribution is 2.39. The third-order valence-corrected chi connectivity index (χ3v) is 2.23. The van der Waals surface area contributed by atoms with Gasteiger partial charge in [0, 0.05) is 23.2 Å². The summed E-state index contributed by atoms with van der Waals surface area (Å²) >= 11 is 5.04. The molecule has 1 rings (SSSR count). The lowest BCUT2D eigenvalue weighted by atomic mass is 10.1. The van der Waals surface area contributed by atoms with Crippen LogP contribution in [0.1, 0.15) is 5.56 Å². The molecule has 0 spiro atoms. The Morgan fingerprint density at radius 3 is 2.39 bits per heavy atom. The lowest BCUT2D eigenvalue weighted by Crippen LogP contribution is -2.02. The molecule has 0 bridgehead atoms. The van der Waals surface area contributed by atoms with Crippen LogP contribution in [-0.4, -0.2) is 24.6 Å². The summed E-state index contributed by atoms with van der Waals surface area (Å²) in [5, 5.41) is 10.8. The van der Waals surface area contributed by atoms with Crippen LogP contribution in [0.4, 0.5) is 10.5 Å². The van der Waals surface area contributed by atoms with Gasteiger partial charge in [-0.05, 0) is 6.07 Å². The molecule has 8 heteroatoms. The van der Waals surface area contributed by atoms with Crippen LogP contribution in [0.15, 0.2) is 12.1 Å². The van der Waals surface area contributed by atoms with Gasteiger partial charge in [-0.15, -0.1) is 0 Å². The van der Waals surface area contributed by atoms with Crippen LogP contribution >= 0.6 is 11.6 Å². The molecule has 0 radical (unpaired) electrons. The van der Waals surface area contributed by atoms with Gasteiger partial charge < -0.3 is 14.2 Å². The number of nitro benzene ring substituents is 1. The van der Waals surface area contributed by atoms with E-state index in [1.165, 1.54) is 26.4 Å². The minimum atomic E-state index is -0.977. The van der Waals surface area contributed by atoms with Crippen LogP contribution < -0.4 is 9.47 Å². The highest BCUT2D eigenvalue weighted by Gasteiger charge is 2.23. The van der Waals surface area contributed by atoms with Crippen LogP contribution in [0.25, 0.3) is 0 Å². The number of nitro groups is 1. The predicted octanol–water partition coefficient (Wildman–Crippen LogP) is 2.49. The van der Waals surface area contributed by atoms with Gasteiger partial charge >= 0.3 is 11.1 Å². The molecule has 0 aliphatic rings. The molecule has 1 aromatic rings. The van der Waals surface area contributed by atoms with Crippen LogP contribution in [0, 0.1) is 10.1 Å². The summed E-state index contributed by atoms with van der Waals surface area (Å²) in [5.74, 6) is 0.0928. The molecule has 0 N–H and O–H groups in total. The number of hydrogen-bond donors (Lipinski definition) is 0. The number of methoxy groups -OCH3 is 2. The molecular formula is C10H10ClNO6. The quantitative estimate of drug-likeness (QED) is 0.466. The topological polar surface area (TPSA) is 87.9 Å². The molecule has 0 atom stereocenters. The van der Waals surface area contributed by atoms with Crippen molar-refractivity contribution in [3.05, 3.63) is 27.8 Å². The Bertz CT molecular complexity index is 476. The van der Waals surface area contributed by atoms with Crippen molar-refractivity contribution in [2.45, 2.75) is 6.61 Å². The number of rotatable bonds is 5. The van der Waals surface area contributed by atoms with Gasteiger partial charge in [0.15, 0.2) is 5.75 Å². The number of benzene rings is 1. The van der Waals surface area contributed by atoms with E-state index in [1.54, 1.807) is 0 Å². The average Bonchev–Trinajstić information content (AvgIpc) is 2.34. The van der Waals surface area contributed by atoms with E-state index in [1.807, 2.05) is 0 Å². The van der Waals surface area contributed by atoms with Gasteiger partial charge in [0.25, 0.3) is 0 Å². The Morgan fingerprint density at radius 2 is 1.94 bits per heavy atom. The van der Waals surface area contributed by atoms with Gasteiger partial charge in [-0.25, -0.2) is 4.79 Å². The van der Waals surface area contributed by atoms with Gasteiger partial charge in [0.2, 0.25) is 5.75 Å². The lowest BCUT2D eigenvalue weighted by Gasteiger charge is -2.12. The van der Waals surface area contributed by atoms with E-state index < -0.39 is 10.4 Å². The SMILES string of the molecule is COc1c(COC(=O)Cl)ccc([N+](=O)[O-])c1OC. The highest BCUT2D eigenvalue weighted by atomic mass is 35.5. The fourth-order valence-electron chi connectivity index (χ4n) is 1.41. The number of nitrogens with zero attached hydrogens (tertiary/aromatic N) is 1. The first-order valence-corrected chi connectivity index (χ1v) is 5.09. The maximum atomic E-state index is 10.8. The van der Waals surface area contributed by atoms with Gasteiger partial charge in [-0.3, -0.25) is 10.1 Å². The van der Waals surface area contributed by atoms with Crippen molar-refractivity contribution in [1.82, 2.24) is 0 Å².